The van der Waals surface area contributed by atoms with Crippen LogP contribution in [0.4, 0.5) is 0 Å². The smallest absolute Gasteiger partial charge is 0.241 e. The first-order valence-electron chi connectivity index (χ1n) is 6.51. The lowest BCUT2D eigenvalue weighted by atomic mass is 9.84. The summed E-state index contributed by atoms with van der Waals surface area (Å²) in [5.41, 5.74) is 5.85. The van der Waals surface area contributed by atoms with Gasteiger partial charge in [0, 0.05) is 18.7 Å². The van der Waals surface area contributed by atoms with Crippen LogP contribution in [0, 0.1) is 0 Å². The van der Waals surface area contributed by atoms with E-state index in [1.54, 1.807) is 12.1 Å². The van der Waals surface area contributed by atoms with Gasteiger partial charge in [-0.2, -0.15) is 0 Å². The molecule has 3 N–H and O–H groups in total. The molecule has 0 heterocycles. The molecule has 0 radical (unpaired) electrons. The van der Waals surface area contributed by atoms with E-state index in [1.807, 2.05) is 6.92 Å². The molecule has 1 aliphatic carbocycles. The van der Waals surface area contributed by atoms with Gasteiger partial charge in [0.2, 0.25) is 10.0 Å². The van der Waals surface area contributed by atoms with E-state index in [4.69, 9.17) is 15.2 Å². The second-order valence-electron chi connectivity index (χ2n) is 4.72. The molecule has 3 atom stereocenters. The van der Waals surface area contributed by atoms with Gasteiger partial charge >= 0.3 is 0 Å². The average Bonchev–Trinajstić information content (AvgIpc) is 2.45. The highest BCUT2D eigenvalue weighted by Crippen LogP contribution is 2.25. The lowest BCUT2D eigenvalue weighted by Gasteiger charge is -2.42. The zero-order chi connectivity index (χ0) is 14.8. The molecule has 0 amide bonds. The summed E-state index contributed by atoms with van der Waals surface area (Å²) in [5, 5.41) is 0. The third-order valence-electron chi connectivity index (χ3n) is 3.39. The largest absolute Gasteiger partial charge is 0.497 e. The number of hydrogen-bond acceptors (Lipinski definition) is 5. The molecule has 0 bridgehead atoms. The van der Waals surface area contributed by atoms with Crippen LogP contribution in [0.15, 0.2) is 29.2 Å². The predicted molar refractivity (Wildman–Crippen MR) is 75.1 cm³/mol. The molecule has 1 aromatic carbocycles. The van der Waals surface area contributed by atoms with Gasteiger partial charge in [-0.3, -0.25) is 0 Å². The second-order valence-corrected chi connectivity index (χ2v) is 6.43. The van der Waals surface area contributed by atoms with Gasteiger partial charge in [-0.05, 0) is 25.5 Å². The van der Waals surface area contributed by atoms with Gasteiger partial charge in [0.05, 0.1) is 24.2 Å². The summed E-state index contributed by atoms with van der Waals surface area (Å²) < 4.78 is 37.7. The van der Waals surface area contributed by atoms with E-state index < -0.39 is 10.0 Å². The molecule has 6 nitrogen and oxygen atoms in total. The average molecular weight is 300 g/mol. The second kappa shape index (κ2) is 6.09. The number of nitrogens with two attached hydrogens (primary N) is 1. The fraction of sp³-hybridized carbons (Fsp3) is 0.538. The van der Waals surface area contributed by atoms with Crippen LogP contribution >= 0.6 is 0 Å². The summed E-state index contributed by atoms with van der Waals surface area (Å²) in [4.78, 5) is 0.159. The highest BCUT2D eigenvalue weighted by molar-refractivity contribution is 7.89. The number of nitrogens with one attached hydrogen (secondary N) is 1. The fourth-order valence-electron chi connectivity index (χ4n) is 2.21. The molecule has 20 heavy (non-hydrogen) atoms. The predicted octanol–water partition coefficient (Wildman–Crippen LogP) is 0.478. The maximum Gasteiger partial charge on any atom is 0.241 e. The first kappa shape index (κ1) is 15.2. The molecule has 112 valence electrons. The van der Waals surface area contributed by atoms with Crippen molar-refractivity contribution in [3.8, 4) is 5.75 Å². The normalized spacial score (nSPS) is 26.1. The van der Waals surface area contributed by atoms with Crippen molar-refractivity contribution >= 4 is 10.0 Å². The van der Waals surface area contributed by atoms with Gasteiger partial charge in [-0.25, -0.2) is 13.1 Å². The summed E-state index contributed by atoms with van der Waals surface area (Å²) >= 11 is 0. The Balaban J connectivity index is 2.14. The lowest BCUT2D eigenvalue weighted by Crippen LogP contribution is -2.64. The van der Waals surface area contributed by atoms with Crippen LogP contribution in [-0.2, 0) is 14.8 Å². The zero-order valence-electron chi connectivity index (χ0n) is 11.6. The Bertz CT molecular complexity index is 559. The third-order valence-corrected chi connectivity index (χ3v) is 4.85. The number of benzene rings is 1. The molecule has 0 aromatic heterocycles. The van der Waals surface area contributed by atoms with Crippen LogP contribution in [0.2, 0.25) is 0 Å². The topological polar surface area (TPSA) is 90.6 Å². The zero-order valence-corrected chi connectivity index (χ0v) is 12.4. The van der Waals surface area contributed by atoms with Crippen molar-refractivity contribution in [2.75, 3.05) is 13.7 Å². The molecular weight excluding hydrogens is 280 g/mol. The van der Waals surface area contributed by atoms with Crippen LogP contribution in [0.1, 0.15) is 13.3 Å². The Morgan fingerprint density at radius 2 is 2.20 bits per heavy atom. The van der Waals surface area contributed by atoms with E-state index in [0.717, 1.165) is 0 Å². The molecule has 7 heteroatoms. The number of rotatable bonds is 6. The fourth-order valence-corrected chi connectivity index (χ4v) is 3.56. The van der Waals surface area contributed by atoms with E-state index >= 15 is 0 Å². The minimum atomic E-state index is -3.63. The van der Waals surface area contributed by atoms with Gasteiger partial charge in [-0.1, -0.05) is 6.07 Å². The first-order valence-corrected chi connectivity index (χ1v) is 8.00. The van der Waals surface area contributed by atoms with Crippen molar-refractivity contribution in [2.45, 2.75) is 36.4 Å². The molecule has 0 saturated heterocycles. The van der Waals surface area contributed by atoms with Crippen LogP contribution < -0.4 is 15.2 Å². The minimum Gasteiger partial charge on any atom is -0.497 e. The molecule has 1 aromatic rings. The lowest BCUT2D eigenvalue weighted by molar-refractivity contribution is -0.0248. The first-order chi connectivity index (χ1) is 9.47. The number of methoxy groups -OCH3 is 1. The van der Waals surface area contributed by atoms with Crippen LogP contribution in [0.25, 0.3) is 0 Å². The van der Waals surface area contributed by atoms with E-state index in [2.05, 4.69) is 4.72 Å². The van der Waals surface area contributed by atoms with Gasteiger partial charge < -0.3 is 15.2 Å². The number of ether oxygens (including phenoxy) is 2. The Morgan fingerprint density at radius 3 is 2.80 bits per heavy atom. The summed E-state index contributed by atoms with van der Waals surface area (Å²) in [6.45, 7) is 2.41. The summed E-state index contributed by atoms with van der Waals surface area (Å²) in [5.74, 6) is 0.493. The van der Waals surface area contributed by atoms with Crippen LogP contribution in [-0.4, -0.2) is 40.3 Å². The van der Waals surface area contributed by atoms with E-state index in [0.29, 0.717) is 18.8 Å². The van der Waals surface area contributed by atoms with Gasteiger partial charge in [-0.15, -0.1) is 0 Å². The standard InChI is InChI=1S/C13H20N2O4S/c1-3-19-12-8-11(14)13(12)15-20(16,17)10-6-4-5-9(7-10)18-2/h4-7,11-13,15H,3,8,14H2,1-2H3. The SMILES string of the molecule is CCOC1CC(N)C1NS(=O)(=O)c1cccc(OC)c1. The summed E-state index contributed by atoms with van der Waals surface area (Å²) in [6.07, 6.45) is 0.509. The van der Waals surface area contributed by atoms with Crippen molar-refractivity contribution in [1.82, 2.24) is 4.72 Å². The maximum atomic E-state index is 12.3. The van der Waals surface area contributed by atoms with E-state index in [-0.39, 0.29) is 23.1 Å². The molecule has 1 fully saturated rings. The minimum absolute atomic E-state index is 0.157. The van der Waals surface area contributed by atoms with Crippen molar-refractivity contribution < 1.29 is 17.9 Å². The summed E-state index contributed by atoms with van der Waals surface area (Å²) in [6, 6.07) is 5.72. The van der Waals surface area contributed by atoms with Crippen molar-refractivity contribution in [3.63, 3.8) is 0 Å². The van der Waals surface area contributed by atoms with E-state index in [9.17, 15) is 8.42 Å². The quantitative estimate of drug-likeness (QED) is 0.797. The van der Waals surface area contributed by atoms with Crippen LogP contribution in [0.5, 0.6) is 5.75 Å². The Kier molecular flexibility index (Phi) is 4.64. The van der Waals surface area contributed by atoms with Crippen molar-refractivity contribution in [1.29, 1.82) is 0 Å². The van der Waals surface area contributed by atoms with Gasteiger partial charge in [0.1, 0.15) is 5.75 Å². The number of sulfonamides is 1. The Hall–Kier alpha value is -1.15. The monoisotopic (exact) mass is 300 g/mol. The molecular formula is C13H20N2O4S. The highest BCUT2D eigenvalue weighted by atomic mass is 32.2. The Morgan fingerprint density at radius 1 is 1.45 bits per heavy atom. The van der Waals surface area contributed by atoms with Crippen LogP contribution in [0.3, 0.4) is 0 Å². The third kappa shape index (κ3) is 3.12. The Labute approximate surface area is 119 Å². The number of hydrogen-bond donors (Lipinski definition) is 2. The summed E-state index contributed by atoms with van der Waals surface area (Å²) in [7, 11) is -2.13. The molecule has 1 aliphatic rings. The molecule has 0 spiro atoms. The molecule has 0 aliphatic heterocycles. The van der Waals surface area contributed by atoms with Gasteiger partial charge in [0.25, 0.3) is 0 Å². The molecule has 2 rings (SSSR count). The molecule has 1 saturated carbocycles. The van der Waals surface area contributed by atoms with Crippen molar-refractivity contribution in [2.24, 2.45) is 5.73 Å². The van der Waals surface area contributed by atoms with E-state index in [1.165, 1.54) is 19.2 Å². The highest BCUT2D eigenvalue weighted by Gasteiger charge is 2.42. The van der Waals surface area contributed by atoms with Crippen molar-refractivity contribution in [3.05, 3.63) is 24.3 Å². The maximum absolute atomic E-state index is 12.3. The van der Waals surface area contributed by atoms with Gasteiger partial charge in [0.15, 0.2) is 0 Å². The molecule has 3 unspecified atom stereocenters.